The van der Waals surface area contributed by atoms with E-state index in [9.17, 15) is 19.7 Å². The van der Waals surface area contributed by atoms with Crippen molar-refractivity contribution in [2.24, 2.45) is 0 Å². The number of fused-ring (bicyclic) bond motifs is 1. The van der Waals surface area contributed by atoms with Gasteiger partial charge in [-0.2, -0.15) is 0 Å². The van der Waals surface area contributed by atoms with Crippen LogP contribution in [0.15, 0.2) is 72.8 Å². The molecule has 0 spiro atoms. The molecule has 0 aliphatic carbocycles. The minimum atomic E-state index is -0.734. The first kappa shape index (κ1) is 24.1. The van der Waals surface area contributed by atoms with E-state index in [1.807, 2.05) is 12.1 Å². The number of carbonyl (C=O) groups excluding carboxylic acids is 2. The average molecular weight is 487 g/mol. The Morgan fingerprint density at radius 2 is 1.64 bits per heavy atom. The van der Waals surface area contributed by atoms with E-state index in [2.05, 4.69) is 10.3 Å². The van der Waals surface area contributed by atoms with Crippen molar-refractivity contribution in [2.45, 2.75) is 0 Å². The van der Waals surface area contributed by atoms with Crippen LogP contribution in [0, 0.1) is 10.1 Å². The molecule has 36 heavy (non-hydrogen) atoms. The lowest BCUT2D eigenvalue weighted by Gasteiger charge is -2.11. The molecule has 4 aromatic rings. The molecule has 0 aliphatic rings. The Balaban J connectivity index is 1.55. The Bertz CT molecular complexity index is 1450. The predicted octanol–water partition coefficient (Wildman–Crippen LogP) is 4.62. The van der Waals surface area contributed by atoms with E-state index >= 15 is 0 Å². The fourth-order valence-electron chi connectivity index (χ4n) is 3.54. The van der Waals surface area contributed by atoms with Crippen molar-refractivity contribution in [3.63, 3.8) is 0 Å². The van der Waals surface area contributed by atoms with E-state index in [1.165, 1.54) is 25.3 Å². The highest BCUT2D eigenvalue weighted by Crippen LogP contribution is 2.29. The summed E-state index contributed by atoms with van der Waals surface area (Å²) in [6, 6.07) is 19.9. The molecule has 0 unspecified atom stereocenters. The lowest BCUT2D eigenvalue weighted by molar-refractivity contribution is -0.384. The maximum atomic E-state index is 13.0. The van der Waals surface area contributed by atoms with Crippen molar-refractivity contribution in [3.8, 4) is 22.8 Å². The summed E-state index contributed by atoms with van der Waals surface area (Å²) in [5.41, 5.74) is 1.73. The van der Waals surface area contributed by atoms with Gasteiger partial charge in [-0.05, 0) is 48.5 Å². The summed E-state index contributed by atoms with van der Waals surface area (Å²) in [6.07, 6.45) is 0. The number of ether oxygens (including phenoxy) is 3. The van der Waals surface area contributed by atoms with E-state index < -0.39 is 23.4 Å². The van der Waals surface area contributed by atoms with Crippen molar-refractivity contribution in [1.82, 2.24) is 4.98 Å². The Morgan fingerprint density at radius 3 is 2.33 bits per heavy atom. The number of benzene rings is 3. The highest BCUT2D eigenvalue weighted by Gasteiger charge is 2.20. The van der Waals surface area contributed by atoms with Gasteiger partial charge in [-0.3, -0.25) is 14.9 Å². The van der Waals surface area contributed by atoms with Crippen LogP contribution >= 0.6 is 0 Å². The molecular formula is C26H21N3O7. The van der Waals surface area contributed by atoms with Crippen molar-refractivity contribution in [2.75, 3.05) is 26.1 Å². The standard InChI is InChI=1S/C26H21N3O7/c1-34-17-9-7-16(8-10-17)23-14-20(19-5-3-4-6-21(19)27-23)26(31)36-15-25(30)28-22-12-11-18(35-2)13-24(22)29(32)33/h3-14H,15H2,1-2H3,(H,28,30). The van der Waals surface area contributed by atoms with Crippen LogP contribution < -0.4 is 14.8 Å². The minimum absolute atomic E-state index is 0.0435. The number of carbonyl (C=O) groups is 2. The van der Waals surface area contributed by atoms with Crippen LogP contribution in [0.1, 0.15) is 10.4 Å². The van der Waals surface area contributed by atoms with Gasteiger partial charge in [0.2, 0.25) is 0 Å². The van der Waals surface area contributed by atoms with Crippen LogP contribution in [0.4, 0.5) is 11.4 Å². The second kappa shape index (κ2) is 10.5. The Hall–Kier alpha value is -4.99. The molecule has 0 saturated heterocycles. The Labute approximate surface area is 205 Å². The van der Waals surface area contributed by atoms with Gasteiger partial charge in [-0.15, -0.1) is 0 Å². The number of para-hydroxylation sites is 1. The molecule has 1 N–H and O–H groups in total. The summed E-state index contributed by atoms with van der Waals surface area (Å²) in [5, 5.41) is 14.3. The molecule has 1 heterocycles. The highest BCUT2D eigenvalue weighted by molar-refractivity contribution is 6.05. The third-order valence-electron chi connectivity index (χ3n) is 5.33. The first-order valence-corrected chi connectivity index (χ1v) is 10.7. The zero-order valence-corrected chi connectivity index (χ0v) is 19.4. The lowest BCUT2D eigenvalue weighted by atomic mass is 10.0. The Morgan fingerprint density at radius 1 is 0.944 bits per heavy atom. The predicted molar refractivity (Wildman–Crippen MR) is 132 cm³/mol. The molecule has 0 atom stereocenters. The molecule has 0 bridgehead atoms. The minimum Gasteiger partial charge on any atom is -0.497 e. The summed E-state index contributed by atoms with van der Waals surface area (Å²) in [6.45, 7) is -0.642. The van der Waals surface area contributed by atoms with Crippen molar-refractivity contribution >= 4 is 34.2 Å². The number of aromatic nitrogens is 1. The number of anilines is 1. The normalized spacial score (nSPS) is 10.5. The Kier molecular flexibility index (Phi) is 7.05. The van der Waals surface area contributed by atoms with Gasteiger partial charge in [0.1, 0.15) is 17.2 Å². The molecule has 10 heteroatoms. The number of hydrogen-bond donors (Lipinski definition) is 1. The van der Waals surface area contributed by atoms with Crippen LogP contribution in [0.5, 0.6) is 11.5 Å². The molecule has 0 aliphatic heterocycles. The zero-order chi connectivity index (χ0) is 25.7. The maximum absolute atomic E-state index is 13.0. The van der Waals surface area contributed by atoms with Gasteiger partial charge in [-0.1, -0.05) is 18.2 Å². The van der Waals surface area contributed by atoms with E-state index in [0.29, 0.717) is 22.3 Å². The van der Waals surface area contributed by atoms with Gasteiger partial charge in [0.15, 0.2) is 6.61 Å². The smallest absolute Gasteiger partial charge is 0.339 e. The van der Waals surface area contributed by atoms with Crippen molar-refractivity contribution in [1.29, 1.82) is 0 Å². The number of pyridine rings is 1. The molecule has 4 rings (SSSR count). The average Bonchev–Trinajstić information content (AvgIpc) is 2.91. The molecular weight excluding hydrogens is 466 g/mol. The second-order valence-electron chi connectivity index (χ2n) is 7.57. The van der Waals surface area contributed by atoms with Crippen molar-refractivity contribution in [3.05, 3.63) is 88.5 Å². The SMILES string of the molecule is COc1ccc(-c2cc(C(=O)OCC(=O)Nc3ccc(OC)cc3[N+](=O)[O-])c3ccccc3n2)cc1. The second-order valence-corrected chi connectivity index (χ2v) is 7.57. The number of methoxy groups -OCH3 is 2. The lowest BCUT2D eigenvalue weighted by Crippen LogP contribution is -2.21. The number of esters is 1. The summed E-state index contributed by atoms with van der Waals surface area (Å²) < 4.78 is 15.4. The first-order chi connectivity index (χ1) is 17.4. The summed E-state index contributed by atoms with van der Waals surface area (Å²) >= 11 is 0. The van der Waals surface area contributed by atoms with Crippen LogP contribution in [-0.2, 0) is 9.53 Å². The quantitative estimate of drug-likeness (QED) is 0.216. The van der Waals surface area contributed by atoms with Crippen LogP contribution in [0.25, 0.3) is 22.2 Å². The third-order valence-corrected chi connectivity index (χ3v) is 5.33. The first-order valence-electron chi connectivity index (χ1n) is 10.7. The molecule has 182 valence electrons. The molecule has 3 aromatic carbocycles. The molecule has 0 saturated carbocycles. The number of hydrogen-bond acceptors (Lipinski definition) is 8. The van der Waals surface area contributed by atoms with Crippen LogP contribution in [0.3, 0.4) is 0 Å². The van der Waals surface area contributed by atoms with Gasteiger partial charge < -0.3 is 19.5 Å². The fourth-order valence-corrected chi connectivity index (χ4v) is 3.54. The van der Waals surface area contributed by atoms with Gasteiger partial charge >= 0.3 is 5.97 Å². The summed E-state index contributed by atoms with van der Waals surface area (Å²) in [4.78, 5) is 40.7. The fraction of sp³-hybridized carbons (Fsp3) is 0.115. The number of nitrogens with one attached hydrogen (secondary N) is 1. The van der Waals surface area contributed by atoms with E-state index in [1.54, 1.807) is 49.6 Å². The third kappa shape index (κ3) is 5.22. The van der Waals surface area contributed by atoms with Gasteiger partial charge in [0, 0.05) is 10.9 Å². The molecule has 1 amide bonds. The topological polar surface area (TPSA) is 130 Å². The van der Waals surface area contributed by atoms with Gasteiger partial charge in [0.25, 0.3) is 11.6 Å². The summed E-state index contributed by atoms with van der Waals surface area (Å²) in [7, 11) is 2.94. The number of amides is 1. The number of rotatable bonds is 8. The monoisotopic (exact) mass is 487 g/mol. The van der Waals surface area contributed by atoms with Crippen LogP contribution in [-0.4, -0.2) is 42.6 Å². The van der Waals surface area contributed by atoms with Crippen LogP contribution in [0.2, 0.25) is 0 Å². The van der Waals surface area contributed by atoms with E-state index in [0.717, 1.165) is 5.56 Å². The molecule has 0 fully saturated rings. The molecule has 0 radical (unpaired) electrons. The number of nitrogens with zero attached hydrogens (tertiary/aromatic N) is 2. The van der Waals surface area contributed by atoms with E-state index in [-0.39, 0.29) is 22.7 Å². The van der Waals surface area contributed by atoms with Crippen molar-refractivity contribution < 1.29 is 28.7 Å². The van der Waals surface area contributed by atoms with E-state index in [4.69, 9.17) is 14.2 Å². The number of nitro groups is 1. The van der Waals surface area contributed by atoms with Gasteiger partial charge in [0.05, 0.1) is 42.0 Å². The maximum Gasteiger partial charge on any atom is 0.339 e. The number of nitro benzene ring substituents is 1. The molecule has 10 nitrogen and oxygen atoms in total. The highest BCUT2D eigenvalue weighted by atomic mass is 16.6. The summed E-state index contributed by atoms with van der Waals surface area (Å²) in [5.74, 6) is -0.515. The molecule has 1 aromatic heterocycles. The zero-order valence-electron chi connectivity index (χ0n) is 19.4. The van der Waals surface area contributed by atoms with Gasteiger partial charge in [-0.25, -0.2) is 9.78 Å². The largest absolute Gasteiger partial charge is 0.497 e.